The first-order valence-corrected chi connectivity index (χ1v) is 7.64. The fraction of sp³-hybridized carbons (Fsp3) is 0.400. The second-order valence-electron chi connectivity index (χ2n) is 4.83. The number of nitrogens with one attached hydrogen (secondary N) is 1. The van der Waals surface area contributed by atoms with Gasteiger partial charge in [0.25, 0.3) is 0 Å². The average Bonchev–Trinajstić information content (AvgIpc) is 2.88. The van der Waals surface area contributed by atoms with Crippen LogP contribution in [0.1, 0.15) is 5.69 Å². The highest BCUT2D eigenvalue weighted by Crippen LogP contribution is 2.36. The summed E-state index contributed by atoms with van der Waals surface area (Å²) in [5.74, 6) is -2.55. The Balaban J connectivity index is 2.09. The summed E-state index contributed by atoms with van der Waals surface area (Å²) in [6.07, 6.45) is 1.33. The van der Waals surface area contributed by atoms with Crippen LogP contribution in [0.3, 0.4) is 0 Å². The molecule has 112 valence electrons. The van der Waals surface area contributed by atoms with Gasteiger partial charge in [0, 0.05) is 6.42 Å². The van der Waals surface area contributed by atoms with Gasteiger partial charge in [0.2, 0.25) is 5.91 Å². The van der Waals surface area contributed by atoms with Crippen LogP contribution in [-0.2, 0) is 25.8 Å². The van der Waals surface area contributed by atoms with E-state index in [9.17, 15) is 23.1 Å². The zero-order valence-electron chi connectivity index (χ0n) is 10.6. The predicted octanol–water partition coefficient (Wildman–Crippen LogP) is -2.39. The minimum atomic E-state index is -3.72. The number of β-lactam (4-membered cyclic amide) rings is 1. The van der Waals surface area contributed by atoms with Crippen LogP contribution in [0.2, 0.25) is 0 Å². The normalized spacial score (nSPS) is 27.3. The summed E-state index contributed by atoms with van der Waals surface area (Å²) < 4.78 is 24.3. The van der Waals surface area contributed by atoms with Crippen LogP contribution < -0.4 is 5.73 Å². The van der Waals surface area contributed by atoms with Gasteiger partial charge in [-0.2, -0.15) is 15.4 Å². The quantitative estimate of drug-likeness (QED) is 0.521. The van der Waals surface area contributed by atoms with E-state index in [1.807, 2.05) is 0 Å². The van der Waals surface area contributed by atoms with Gasteiger partial charge in [0.05, 0.1) is 17.6 Å². The lowest BCUT2D eigenvalue weighted by Gasteiger charge is -2.47. The number of carbonyl (C=O) groups is 2. The van der Waals surface area contributed by atoms with E-state index in [-0.39, 0.29) is 17.7 Å². The predicted molar refractivity (Wildman–Crippen MR) is 67.1 cm³/mol. The number of carboxylic acids is 1. The van der Waals surface area contributed by atoms with Gasteiger partial charge < -0.3 is 10.8 Å². The van der Waals surface area contributed by atoms with E-state index >= 15 is 0 Å². The molecule has 10 nitrogen and oxygen atoms in total. The molecule has 11 heteroatoms. The minimum absolute atomic E-state index is 0.0247. The lowest BCUT2D eigenvalue weighted by molar-refractivity contribution is -0.148. The molecule has 0 aromatic carbocycles. The van der Waals surface area contributed by atoms with E-state index in [1.54, 1.807) is 0 Å². The first-order chi connectivity index (χ1) is 9.83. The molecule has 0 bridgehead atoms. The van der Waals surface area contributed by atoms with Crippen LogP contribution in [-0.4, -0.2) is 62.9 Å². The monoisotopic (exact) mass is 313 g/mol. The fourth-order valence-corrected chi connectivity index (χ4v) is 4.58. The van der Waals surface area contributed by atoms with Crippen LogP contribution in [0.15, 0.2) is 17.5 Å². The molecule has 1 aromatic heterocycles. The van der Waals surface area contributed by atoms with Crippen molar-refractivity contribution in [2.45, 2.75) is 17.8 Å². The van der Waals surface area contributed by atoms with Crippen molar-refractivity contribution in [1.29, 1.82) is 0 Å². The van der Waals surface area contributed by atoms with Gasteiger partial charge in [-0.1, -0.05) is 0 Å². The third kappa shape index (κ3) is 1.93. The molecule has 3 heterocycles. The van der Waals surface area contributed by atoms with Crippen LogP contribution in [0.25, 0.3) is 0 Å². The molecule has 1 amide bonds. The molecule has 2 aliphatic rings. The standard InChI is InChI=1S/C10H11N5O5S/c11-6-8(16)15-7(10(17)18)4(1-5-2-12-14-13-5)3-21(19,20)9(6)15/h2,6,9H,1,3,11H2,(H,17,18)(H,12,13,14)/t6-,9+/m1/s1. The molecule has 0 spiro atoms. The first kappa shape index (κ1) is 13.7. The summed E-state index contributed by atoms with van der Waals surface area (Å²) in [4.78, 5) is 23.9. The summed E-state index contributed by atoms with van der Waals surface area (Å²) in [5.41, 5.74) is 5.63. The molecule has 0 radical (unpaired) electrons. The van der Waals surface area contributed by atoms with Crippen molar-refractivity contribution in [3.8, 4) is 0 Å². The Kier molecular flexibility index (Phi) is 2.85. The number of nitrogens with zero attached hydrogens (tertiary/aromatic N) is 3. The average molecular weight is 313 g/mol. The molecule has 2 atom stereocenters. The summed E-state index contributed by atoms with van der Waals surface area (Å²) in [5, 5.41) is 17.7. The summed E-state index contributed by atoms with van der Waals surface area (Å²) in [6, 6.07) is -1.21. The smallest absolute Gasteiger partial charge is 0.352 e. The molecule has 1 saturated heterocycles. The van der Waals surface area contributed by atoms with Crippen molar-refractivity contribution in [2.75, 3.05) is 5.75 Å². The number of aromatic amines is 1. The number of H-pyrrole nitrogens is 1. The maximum atomic E-state index is 12.2. The molecule has 0 aliphatic carbocycles. The van der Waals surface area contributed by atoms with E-state index in [0.29, 0.717) is 5.69 Å². The lowest BCUT2D eigenvalue weighted by Crippen LogP contribution is -2.73. The van der Waals surface area contributed by atoms with Crippen LogP contribution in [0, 0.1) is 0 Å². The Hall–Kier alpha value is -2.27. The summed E-state index contributed by atoms with van der Waals surface area (Å²) in [6.45, 7) is 0. The molecule has 21 heavy (non-hydrogen) atoms. The number of sulfone groups is 1. The van der Waals surface area contributed by atoms with E-state index in [1.165, 1.54) is 6.20 Å². The van der Waals surface area contributed by atoms with Gasteiger partial charge >= 0.3 is 5.97 Å². The maximum Gasteiger partial charge on any atom is 0.352 e. The number of carbonyl (C=O) groups excluding carboxylic acids is 1. The van der Waals surface area contributed by atoms with Crippen molar-refractivity contribution < 1.29 is 23.1 Å². The Morgan fingerprint density at radius 3 is 2.86 bits per heavy atom. The van der Waals surface area contributed by atoms with Gasteiger partial charge in [-0.15, -0.1) is 0 Å². The minimum Gasteiger partial charge on any atom is -0.477 e. The highest BCUT2D eigenvalue weighted by Gasteiger charge is 2.58. The Morgan fingerprint density at radius 1 is 1.57 bits per heavy atom. The van der Waals surface area contributed by atoms with Crippen molar-refractivity contribution in [2.24, 2.45) is 5.73 Å². The number of aromatic nitrogens is 3. The van der Waals surface area contributed by atoms with E-state index in [0.717, 1.165) is 4.90 Å². The second kappa shape index (κ2) is 4.36. The molecule has 3 rings (SSSR count). The number of amides is 1. The molecule has 0 saturated carbocycles. The van der Waals surface area contributed by atoms with Gasteiger partial charge in [0.15, 0.2) is 15.2 Å². The number of nitrogens with two attached hydrogens (primary N) is 1. The van der Waals surface area contributed by atoms with Crippen molar-refractivity contribution >= 4 is 21.7 Å². The third-order valence-electron chi connectivity index (χ3n) is 3.47. The molecular formula is C10H11N5O5S. The Morgan fingerprint density at radius 2 is 2.29 bits per heavy atom. The number of carboxylic acid groups (broad SMARTS) is 1. The van der Waals surface area contributed by atoms with Gasteiger partial charge in [-0.25, -0.2) is 13.2 Å². The van der Waals surface area contributed by atoms with Crippen LogP contribution in [0.5, 0.6) is 0 Å². The molecule has 1 fully saturated rings. The Bertz CT molecular complexity index is 753. The van der Waals surface area contributed by atoms with Gasteiger partial charge in [-0.3, -0.25) is 9.69 Å². The van der Waals surface area contributed by atoms with Crippen LogP contribution in [0.4, 0.5) is 0 Å². The molecule has 2 aliphatic heterocycles. The lowest BCUT2D eigenvalue weighted by atomic mass is 10.0. The molecule has 1 aromatic rings. The second-order valence-corrected chi connectivity index (χ2v) is 6.92. The largest absolute Gasteiger partial charge is 0.477 e. The number of hydrogen-bond donors (Lipinski definition) is 3. The fourth-order valence-electron chi connectivity index (χ4n) is 2.59. The van der Waals surface area contributed by atoms with Crippen LogP contribution >= 0.6 is 0 Å². The zero-order valence-corrected chi connectivity index (χ0v) is 11.4. The van der Waals surface area contributed by atoms with Gasteiger partial charge in [-0.05, 0) is 5.57 Å². The highest BCUT2D eigenvalue weighted by atomic mass is 32.2. The van der Waals surface area contributed by atoms with Crippen molar-refractivity contribution in [3.05, 3.63) is 23.2 Å². The highest BCUT2D eigenvalue weighted by molar-refractivity contribution is 7.92. The van der Waals surface area contributed by atoms with Crippen molar-refractivity contribution in [1.82, 2.24) is 20.3 Å². The van der Waals surface area contributed by atoms with Gasteiger partial charge in [0.1, 0.15) is 11.7 Å². The number of aliphatic carboxylic acids is 1. The molecule has 4 N–H and O–H groups in total. The van der Waals surface area contributed by atoms with E-state index < -0.39 is 38.9 Å². The number of rotatable bonds is 3. The van der Waals surface area contributed by atoms with Crippen molar-refractivity contribution in [3.63, 3.8) is 0 Å². The number of hydrogen-bond acceptors (Lipinski definition) is 7. The Labute approximate surface area is 118 Å². The zero-order chi connectivity index (χ0) is 15.4. The first-order valence-electron chi connectivity index (χ1n) is 5.93. The van der Waals surface area contributed by atoms with E-state index in [2.05, 4.69) is 15.4 Å². The SMILES string of the molecule is N[C@@H]1C(=O)N2C(C(=O)O)=C(Cc3cn[nH]n3)CS(=O)(=O)[C@@H]12. The molecular weight excluding hydrogens is 302 g/mol. The maximum absolute atomic E-state index is 12.2. The summed E-state index contributed by atoms with van der Waals surface area (Å²) >= 11 is 0. The number of fused-ring (bicyclic) bond motifs is 1. The molecule has 0 unspecified atom stereocenters. The third-order valence-corrected chi connectivity index (χ3v) is 5.46. The summed E-state index contributed by atoms with van der Waals surface area (Å²) in [7, 11) is -3.72. The van der Waals surface area contributed by atoms with E-state index in [4.69, 9.17) is 5.73 Å². The topological polar surface area (TPSA) is 159 Å².